The monoisotopic (exact) mass is 382 g/mol. The molecular weight excluding hydrogens is 352 g/mol. The summed E-state index contributed by atoms with van der Waals surface area (Å²) in [5, 5.41) is 9.61. The first-order valence-electron chi connectivity index (χ1n) is 8.78. The fourth-order valence-corrected chi connectivity index (χ4v) is 2.47. The largest absolute Gasteiger partial charge is 0.492 e. The van der Waals surface area contributed by atoms with Gasteiger partial charge in [-0.05, 0) is 53.1 Å². The van der Waals surface area contributed by atoms with E-state index in [9.17, 15) is 4.79 Å². The molecule has 0 unspecified atom stereocenters. The van der Waals surface area contributed by atoms with Crippen molar-refractivity contribution in [1.82, 2.24) is 10.2 Å². The van der Waals surface area contributed by atoms with Gasteiger partial charge in [-0.15, -0.1) is 0 Å². The highest BCUT2D eigenvalue weighted by Crippen LogP contribution is 2.36. The summed E-state index contributed by atoms with van der Waals surface area (Å²) in [6, 6.07) is 3.53. The van der Waals surface area contributed by atoms with Crippen LogP contribution in [0.2, 0.25) is 0 Å². The molecule has 8 heteroatoms. The van der Waals surface area contributed by atoms with Crippen LogP contribution in [0.15, 0.2) is 12.1 Å². The Labute approximate surface area is 161 Å². The zero-order valence-corrected chi connectivity index (χ0v) is 17.1. The molecule has 1 rings (SSSR count). The summed E-state index contributed by atoms with van der Waals surface area (Å²) in [5.74, 6) is 0.980. The fourth-order valence-electron chi connectivity index (χ4n) is 2.26. The minimum Gasteiger partial charge on any atom is -0.492 e. The predicted molar refractivity (Wildman–Crippen MR) is 110 cm³/mol. The van der Waals surface area contributed by atoms with Gasteiger partial charge in [0.2, 0.25) is 5.91 Å². The molecule has 3 N–H and O–H groups in total. The maximum atomic E-state index is 11.4. The van der Waals surface area contributed by atoms with Gasteiger partial charge in [0, 0.05) is 25.6 Å². The van der Waals surface area contributed by atoms with Gasteiger partial charge in [0.05, 0.1) is 24.6 Å². The van der Waals surface area contributed by atoms with Crippen molar-refractivity contribution in [3.05, 3.63) is 12.1 Å². The molecule has 7 nitrogen and oxygen atoms in total. The Hall–Kier alpha value is -2.06. The van der Waals surface area contributed by atoms with E-state index < -0.39 is 0 Å². The molecular formula is C18H30N4O3S. The topological polar surface area (TPSA) is 74.9 Å². The number of hydrogen-bond acceptors (Lipinski definition) is 5. The molecule has 0 aliphatic heterocycles. The van der Waals surface area contributed by atoms with Crippen LogP contribution < -0.4 is 25.4 Å². The van der Waals surface area contributed by atoms with Crippen LogP contribution in [0.4, 0.5) is 11.4 Å². The number of anilines is 2. The van der Waals surface area contributed by atoms with Gasteiger partial charge in [0.1, 0.15) is 11.5 Å². The standard InChI is InChI=1S/C18H30N4O3S/c1-6-24-16-12-15(21-18(26)19-9-8-10-22(4)5)17(25-7-2)11-14(16)20-13(3)23/h11-12H,6-10H2,1-5H3,(H,20,23)(H2,19,21,26). The number of ether oxygens (including phenoxy) is 2. The summed E-state index contributed by atoms with van der Waals surface area (Å²) in [5.41, 5.74) is 1.26. The van der Waals surface area contributed by atoms with Gasteiger partial charge >= 0.3 is 0 Å². The number of carbonyl (C=O) groups excluding carboxylic acids is 1. The molecule has 0 bridgehead atoms. The summed E-state index contributed by atoms with van der Waals surface area (Å²) in [4.78, 5) is 13.6. The first kappa shape index (κ1) is 22.0. The van der Waals surface area contributed by atoms with Crippen LogP contribution >= 0.6 is 12.2 Å². The zero-order valence-electron chi connectivity index (χ0n) is 16.3. The van der Waals surface area contributed by atoms with E-state index in [4.69, 9.17) is 21.7 Å². The van der Waals surface area contributed by atoms with Crippen LogP contribution in [0.5, 0.6) is 11.5 Å². The third-order valence-electron chi connectivity index (χ3n) is 3.31. The average Bonchev–Trinajstić information content (AvgIpc) is 2.55. The van der Waals surface area contributed by atoms with Crippen molar-refractivity contribution in [2.24, 2.45) is 0 Å². The molecule has 146 valence electrons. The van der Waals surface area contributed by atoms with Crippen molar-refractivity contribution < 1.29 is 14.3 Å². The second-order valence-electron chi connectivity index (χ2n) is 5.93. The lowest BCUT2D eigenvalue weighted by molar-refractivity contribution is -0.114. The number of hydrogen-bond donors (Lipinski definition) is 3. The Bertz CT molecular complexity index is 608. The molecule has 26 heavy (non-hydrogen) atoms. The highest BCUT2D eigenvalue weighted by molar-refractivity contribution is 7.80. The number of carbonyl (C=O) groups is 1. The van der Waals surface area contributed by atoms with Crippen molar-refractivity contribution in [2.45, 2.75) is 27.2 Å². The van der Waals surface area contributed by atoms with Crippen molar-refractivity contribution in [3.8, 4) is 11.5 Å². The number of nitrogens with one attached hydrogen (secondary N) is 3. The lowest BCUT2D eigenvalue weighted by Gasteiger charge is -2.18. The molecule has 0 aliphatic rings. The van der Waals surface area contributed by atoms with E-state index in [2.05, 4.69) is 20.9 Å². The predicted octanol–water partition coefficient (Wildman–Crippen LogP) is 2.68. The van der Waals surface area contributed by atoms with E-state index in [1.54, 1.807) is 12.1 Å². The molecule has 0 saturated heterocycles. The molecule has 0 spiro atoms. The molecule has 0 aromatic heterocycles. The Kier molecular flexibility index (Phi) is 9.75. The minimum absolute atomic E-state index is 0.174. The number of amides is 1. The van der Waals surface area contributed by atoms with E-state index in [-0.39, 0.29) is 5.91 Å². The van der Waals surface area contributed by atoms with Crippen LogP contribution in [-0.4, -0.2) is 56.3 Å². The lowest BCUT2D eigenvalue weighted by atomic mass is 10.2. The second kappa shape index (κ2) is 11.5. The van der Waals surface area contributed by atoms with Crippen molar-refractivity contribution in [1.29, 1.82) is 0 Å². The molecule has 1 aromatic carbocycles. The van der Waals surface area contributed by atoms with Crippen LogP contribution in [0, 0.1) is 0 Å². The number of rotatable bonds is 10. The van der Waals surface area contributed by atoms with Gasteiger partial charge in [-0.3, -0.25) is 4.79 Å². The Morgan fingerprint density at radius 3 is 2.08 bits per heavy atom. The van der Waals surface area contributed by atoms with E-state index in [1.807, 2.05) is 27.9 Å². The molecule has 0 atom stereocenters. The number of nitrogens with zero attached hydrogens (tertiary/aromatic N) is 1. The van der Waals surface area contributed by atoms with Crippen molar-refractivity contribution >= 4 is 34.6 Å². The maximum Gasteiger partial charge on any atom is 0.221 e. The first-order valence-corrected chi connectivity index (χ1v) is 9.19. The maximum absolute atomic E-state index is 11.4. The molecule has 0 fully saturated rings. The van der Waals surface area contributed by atoms with Gasteiger partial charge < -0.3 is 30.3 Å². The summed E-state index contributed by atoms with van der Waals surface area (Å²) in [6.45, 7) is 7.97. The second-order valence-corrected chi connectivity index (χ2v) is 6.34. The van der Waals surface area contributed by atoms with Crippen LogP contribution in [0.1, 0.15) is 27.2 Å². The Morgan fingerprint density at radius 2 is 1.62 bits per heavy atom. The van der Waals surface area contributed by atoms with Gasteiger partial charge in [0.25, 0.3) is 0 Å². The van der Waals surface area contributed by atoms with E-state index >= 15 is 0 Å². The summed E-state index contributed by atoms with van der Waals surface area (Å²) >= 11 is 5.37. The van der Waals surface area contributed by atoms with Crippen LogP contribution in [0.25, 0.3) is 0 Å². The van der Waals surface area contributed by atoms with E-state index in [1.165, 1.54) is 6.92 Å². The van der Waals surface area contributed by atoms with Crippen molar-refractivity contribution in [2.75, 3.05) is 51.0 Å². The van der Waals surface area contributed by atoms with Gasteiger partial charge in [-0.1, -0.05) is 0 Å². The lowest BCUT2D eigenvalue weighted by Crippen LogP contribution is -2.31. The highest BCUT2D eigenvalue weighted by Gasteiger charge is 2.14. The van der Waals surface area contributed by atoms with E-state index in [0.29, 0.717) is 41.2 Å². The Balaban J connectivity index is 2.91. The third-order valence-corrected chi connectivity index (χ3v) is 3.55. The molecule has 0 heterocycles. The quantitative estimate of drug-likeness (QED) is 0.424. The molecule has 0 aliphatic carbocycles. The van der Waals surface area contributed by atoms with Crippen LogP contribution in [-0.2, 0) is 4.79 Å². The normalized spacial score (nSPS) is 10.4. The summed E-state index contributed by atoms with van der Waals surface area (Å²) in [6.07, 6.45) is 0.985. The molecule has 0 saturated carbocycles. The molecule has 1 amide bonds. The minimum atomic E-state index is -0.174. The fraction of sp³-hybridized carbons (Fsp3) is 0.556. The smallest absolute Gasteiger partial charge is 0.221 e. The average molecular weight is 383 g/mol. The van der Waals surface area contributed by atoms with E-state index in [0.717, 1.165) is 19.5 Å². The van der Waals surface area contributed by atoms with Gasteiger partial charge in [-0.2, -0.15) is 0 Å². The first-order chi connectivity index (χ1) is 12.4. The van der Waals surface area contributed by atoms with Crippen molar-refractivity contribution in [3.63, 3.8) is 0 Å². The number of benzene rings is 1. The third kappa shape index (κ3) is 7.88. The van der Waals surface area contributed by atoms with Gasteiger partial charge in [-0.25, -0.2) is 0 Å². The number of thiocarbonyl (C=S) groups is 1. The SMILES string of the molecule is CCOc1cc(NC(=S)NCCCN(C)C)c(OCC)cc1NC(C)=O. The highest BCUT2D eigenvalue weighted by atomic mass is 32.1. The summed E-state index contributed by atoms with van der Waals surface area (Å²) < 4.78 is 11.3. The summed E-state index contributed by atoms with van der Waals surface area (Å²) in [7, 11) is 4.08. The molecule has 1 aromatic rings. The zero-order chi connectivity index (χ0) is 19.5. The molecule has 0 radical (unpaired) electrons. The van der Waals surface area contributed by atoms with Crippen LogP contribution in [0.3, 0.4) is 0 Å². The van der Waals surface area contributed by atoms with Gasteiger partial charge in [0.15, 0.2) is 5.11 Å². The Morgan fingerprint density at radius 1 is 1.08 bits per heavy atom.